The fourth-order valence-electron chi connectivity index (χ4n) is 2.20. The summed E-state index contributed by atoms with van der Waals surface area (Å²) >= 11 is 0. The van der Waals surface area contributed by atoms with Gasteiger partial charge >= 0.3 is 0 Å². The quantitative estimate of drug-likeness (QED) is 0.859. The molecule has 2 nitrogen and oxygen atoms in total. The second-order valence-corrected chi connectivity index (χ2v) is 5.73. The van der Waals surface area contributed by atoms with Crippen molar-refractivity contribution < 1.29 is 4.74 Å². The van der Waals surface area contributed by atoms with Gasteiger partial charge in [-0.25, -0.2) is 0 Å². The van der Waals surface area contributed by atoms with Crippen LogP contribution in [0.2, 0.25) is 0 Å². The van der Waals surface area contributed by atoms with Crippen molar-refractivity contribution in [1.82, 2.24) is 5.32 Å². The maximum absolute atomic E-state index is 5.21. The Kier molecular flexibility index (Phi) is 4.94. The molecule has 20 heavy (non-hydrogen) atoms. The first-order valence-electron chi connectivity index (χ1n) is 6.99. The molecule has 0 aliphatic rings. The third-order valence-corrected chi connectivity index (χ3v) is 3.34. The fourth-order valence-corrected chi connectivity index (χ4v) is 2.20. The molecule has 0 aliphatic heterocycles. The van der Waals surface area contributed by atoms with E-state index in [9.17, 15) is 0 Å². The fraction of sp³-hybridized carbons (Fsp3) is 0.333. The first kappa shape index (κ1) is 14.8. The van der Waals surface area contributed by atoms with Gasteiger partial charge in [0.15, 0.2) is 0 Å². The maximum Gasteiger partial charge on any atom is 0.0639 e. The summed E-state index contributed by atoms with van der Waals surface area (Å²) in [5.74, 6) is 0. The molecule has 0 radical (unpaired) electrons. The summed E-state index contributed by atoms with van der Waals surface area (Å²) in [5.41, 5.74) is 3.79. The predicted molar refractivity (Wildman–Crippen MR) is 84.7 cm³/mol. The Morgan fingerprint density at radius 1 is 0.900 bits per heavy atom. The zero-order chi connectivity index (χ0) is 14.4. The Morgan fingerprint density at radius 3 is 2.10 bits per heavy atom. The van der Waals surface area contributed by atoms with Gasteiger partial charge in [-0.1, -0.05) is 54.6 Å². The molecule has 106 valence electrons. The van der Waals surface area contributed by atoms with Gasteiger partial charge in [0, 0.05) is 19.2 Å². The molecule has 0 heterocycles. The van der Waals surface area contributed by atoms with Crippen LogP contribution in [0.25, 0.3) is 11.1 Å². The lowest BCUT2D eigenvalue weighted by atomic mass is 10.0. The van der Waals surface area contributed by atoms with Gasteiger partial charge in [-0.2, -0.15) is 0 Å². The average Bonchev–Trinajstić information content (AvgIpc) is 2.47. The molecule has 2 heteroatoms. The van der Waals surface area contributed by atoms with Crippen molar-refractivity contribution in [2.24, 2.45) is 0 Å². The number of ether oxygens (including phenoxy) is 1. The van der Waals surface area contributed by atoms with Gasteiger partial charge in [-0.05, 0) is 30.5 Å². The summed E-state index contributed by atoms with van der Waals surface area (Å²) in [6.45, 7) is 5.85. The molecule has 0 fully saturated rings. The largest absolute Gasteiger partial charge is 0.383 e. The Hall–Kier alpha value is -1.64. The molecule has 0 amide bonds. The van der Waals surface area contributed by atoms with Crippen LogP contribution in [0.3, 0.4) is 0 Å². The van der Waals surface area contributed by atoms with Crippen LogP contribution in [0.1, 0.15) is 19.4 Å². The van der Waals surface area contributed by atoms with Gasteiger partial charge in [-0.3, -0.25) is 0 Å². The smallest absolute Gasteiger partial charge is 0.0639 e. The molecule has 2 rings (SSSR count). The third kappa shape index (κ3) is 4.19. The average molecular weight is 269 g/mol. The number of hydrogen-bond donors (Lipinski definition) is 1. The second kappa shape index (κ2) is 6.69. The molecule has 0 unspecified atom stereocenters. The van der Waals surface area contributed by atoms with Crippen LogP contribution in [-0.2, 0) is 11.3 Å². The van der Waals surface area contributed by atoms with Crippen molar-refractivity contribution in [3.05, 3.63) is 60.2 Å². The van der Waals surface area contributed by atoms with Crippen molar-refractivity contribution in [3.8, 4) is 11.1 Å². The summed E-state index contributed by atoms with van der Waals surface area (Å²) in [4.78, 5) is 0. The molecular formula is C18H23NO. The Labute approximate surface area is 121 Å². The van der Waals surface area contributed by atoms with Gasteiger partial charge in [0.1, 0.15) is 0 Å². The van der Waals surface area contributed by atoms with Gasteiger partial charge in [0.05, 0.1) is 6.61 Å². The molecular weight excluding hydrogens is 246 g/mol. The lowest BCUT2D eigenvalue weighted by Gasteiger charge is -2.25. The van der Waals surface area contributed by atoms with Crippen LogP contribution in [0.4, 0.5) is 0 Å². The number of benzene rings is 2. The monoisotopic (exact) mass is 269 g/mol. The van der Waals surface area contributed by atoms with E-state index in [0.29, 0.717) is 6.61 Å². The molecule has 0 atom stereocenters. The van der Waals surface area contributed by atoms with E-state index < -0.39 is 0 Å². The normalized spacial score (nSPS) is 11.6. The summed E-state index contributed by atoms with van der Waals surface area (Å²) in [6, 6.07) is 19.2. The van der Waals surface area contributed by atoms with E-state index in [1.165, 1.54) is 16.7 Å². The van der Waals surface area contributed by atoms with Crippen LogP contribution in [0, 0.1) is 0 Å². The van der Waals surface area contributed by atoms with Crippen molar-refractivity contribution in [3.63, 3.8) is 0 Å². The van der Waals surface area contributed by atoms with E-state index in [2.05, 4.69) is 67.7 Å². The van der Waals surface area contributed by atoms with E-state index in [-0.39, 0.29) is 5.54 Å². The van der Waals surface area contributed by atoms with E-state index in [0.717, 1.165) is 6.54 Å². The molecule has 1 N–H and O–H groups in total. The highest BCUT2D eigenvalue weighted by molar-refractivity contribution is 5.63. The number of hydrogen-bond acceptors (Lipinski definition) is 2. The van der Waals surface area contributed by atoms with Crippen LogP contribution >= 0.6 is 0 Å². The molecule has 2 aromatic carbocycles. The number of methoxy groups -OCH3 is 1. The lowest BCUT2D eigenvalue weighted by molar-refractivity contribution is 0.128. The third-order valence-electron chi connectivity index (χ3n) is 3.34. The van der Waals surface area contributed by atoms with E-state index in [1.54, 1.807) is 7.11 Å². The second-order valence-electron chi connectivity index (χ2n) is 5.73. The molecule has 0 aliphatic carbocycles. The van der Waals surface area contributed by atoms with Crippen LogP contribution < -0.4 is 5.32 Å². The van der Waals surface area contributed by atoms with E-state index in [1.807, 2.05) is 6.07 Å². The van der Waals surface area contributed by atoms with E-state index >= 15 is 0 Å². The first-order chi connectivity index (χ1) is 9.61. The van der Waals surface area contributed by atoms with Gasteiger partial charge in [0.25, 0.3) is 0 Å². The van der Waals surface area contributed by atoms with Crippen molar-refractivity contribution in [1.29, 1.82) is 0 Å². The summed E-state index contributed by atoms with van der Waals surface area (Å²) in [5, 5.41) is 3.51. The molecule has 0 spiro atoms. The van der Waals surface area contributed by atoms with Crippen LogP contribution in [0.15, 0.2) is 54.6 Å². The number of rotatable bonds is 6. The minimum Gasteiger partial charge on any atom is -0.383 e. The van der Waals surface area contributed by atoms with E-state index in [4.69, 9.17) is 4.74 Å². The minimum atomic E-state index is -0.00709. The van der Waals surface area contributed by atoms with Crippen molar-refractivity contribution >= 4 is 0 Å². The SMILES string of the molecule is COCC(C)(C)NCc1ccc(-c2ccccc2)cc1. The highest BCUT2D eigenvalue weighted by Gasteiger charge is 2.15. The molecule has 0 bridgehead atoms. The minimum absolute atomic E-state index is 0.00709. The highest BCUT2D eigenvalue weighted by Crippen LogP contribution is 2.19. The van der Waals surface area contributed by atoms with Gasteiger partial charge in [0.2, 0.25) is 0 Å². The number of nitrogens with one attached hydrogen (secondary N) is 1. The topological polar surface area (TPSA) is 21.3 Å². The Morgan fingerprint density at radius 2 is 1.50 bits per heavy atom. The van der Waals surface area contributed by atoms with Crippen molar-refractivity contribution in [2.45, 2.75) is 25.9 Å². The summed E-state index contributed by atoms with van der Waals surface area (Å²) < 4.78 is 5.21. The van der Waals surface area contributed by atoms with Crippen molar-refractivity contribution in [2.75, 3.05) is 13.7 Å². The first-order valence-corrected chi connectivity index (χ1v) is 6.99. The molecule has 0 saturated carbocycles. The lowest BCUT2D eigenvalue weighted by Crippen LogP contribution is -2.42. The Balaban J connectivity index is 1.99. The van der Waals surface area contributed by atoms with Crippen LogP contribution in [0.5, 0.6) is 0 Å². The molecule has 2 aromatic rings. The summed E-state index contributed by atoms with van der Waals surface area (Å²) in [7, 11) is 1.73. The summed E-state index contributed by atoms with van der Waals surface area (Å²) in [6.07, 6.45) is 0. The van der Waals surface area contributed by atoms with Crippen LogP contribution in [-0.4, -0.2) is 19.3 Å². The zero-order valence-electron chi connectivity index (χ0n) is 12.5. The standard InChI is InChI=1S/C18H23NO/c1-18(2,14-20-3)19-13-15-9-11-17(12-10-15)16-7-5-4-6-8-16/h4-12,19H,13-14H2,1-3H3. The van der Waals surface area contributed by atoms with Gasteiger partial charge in [-0.15, -0.1) is 0 Å². The maximum atomic E-state index is 5.21. The molecule has 0 saturated heterocycles. The molecule has 0 aromatic heterocycles. The highest BCUT2D eigenvalue weighted by atomic mass is 16.5. The zero-order valence-corrected chi connectivity index (χ0v) is 12.5. The Bertz CT molecular complexity index is 517. The predicted octanol–water partition coefficient (Wildman–Crippen LogP) is 3.87. The van der Waals surface area contributed by atoms with Gasteiger partial charge < -0.3 is 10.1 Å².